The molecule has 1 aromatic heterocycles. The van der Waals surface area contributed by atoms with Crippen LogP contribution in [0.3, 0.4) is 0 Å². The summed E-state index contributed by atoms with van der Waals surface area (Å²) < 4.78 is 26.9. The van der Waals surface area contributed by atoms with E-state index in [9.17, 15) is 4.39 Å². The molecule has 0 unspecified atom stereocenters. The van der Waals surface area contributed by atoms with Crippen LogP contribution < -0.4 is 4.74 Å². The van der Waals surface area contributed by atoms with Gasteiger partial charge in [0.25, 0.3) is 0 Å². The second-order valence-electron chi connectivity index (χ2n) is 6.97. The number of aliphatic hydroxyl groups is 1. The third kappa shape index (κ3) is 3.22. The van der Waals surface area contributed by atoms with Gasteiger partial charge in [0, 0.05) is 49.7 Å². The minimum Gasteiger partial charge on any atom is -0.494 e. The summed E-state index contributed by atoms with van der Waals surface area (Å²) in [5.74, 6) is 0.668. The van der Waals surface area contributed by atoms with Gasteiger partial charge in [-0.05, 0) is 31.0 Å². The van der Waals surface area contributed by atoms with Crippen LogP contribution in [0.4, 0.5) is 4.39 Å². The highest BCUT2D eigenvalue weighted by molar-refractivity contribution is 5.58. The first-order valence-corrected chi connectivity index (χ1v) is 9.03. The van der Waals surface area contributed by atoms with E-state index in [-0.39, 0.29) is 24.3 Å². The molecule has 0 bridgehead atoms. The number of methoxy groups -OCH3 is 1. The maximum atomic E-state index is 13.7. The zero-order valence-corrected chi connectivity index (χ0v) is 14.8. The number of hydrogen-bond donors (Lipinski definition) is 1. The number of hydrogen-bond acceptors (Lipinski definition) is 5. The van der Waals surface area contributed by atoms with Crippen molar-refractivity contribution in [2.75, 3.05) is 33.4 Å². The number of halogens is 1. The average molecular weight is 361 g/mol. The van der Waals surface area contributed by atoms with E-state index in [1.165, 1.54) is 13.2 Å². The molecule has 7 heteroatoms. The van der Waals surface area contributed by atoms with Crippen molar-refractivity contribution in [1.29, 1.82) is 0 Å². The molecule has 3 atom stereocenters. The predicted octanol–water partition coefficient (Wildman–Crippen LogP) is 2.09. The van der Waals surface area contributed by atoms with Crippen LogP contribution in [0.15, 0.2) is 30.6 Å². The molecule has 2 fully saturated rings. The molecule has 2 aliphatic heterocycles. The second kappa shape index (κ2) is 7.34. The number of benzene rings is 1. The lowest BCUT2D eigenvalue weighted by Crippen LogP contribution is -2.46. The Bertz CT molecular complexity index is 766. The van der Waals surface area contributed by atoms with Crippen LogP contribution >= 0.6 is 0 Å². The van der Waals surface area contributed by atoms with Crippen molar-refractivity contribution in [3.8, 4) is 17.1 Å². The van der Waals surface area contributed by atoms with Gasteiger partial charge in [-0.3, -0.25) is 4.90 Å². The minimum atomic E-state index is -0.376. The first-order chi connectivity index (χ1) is 12.7. The van der Waals surface area contributed by atoms with Crippen LogP contribution in [0.25, 0.3) is 11.4 Å². The van der Waals surface area contributed by atoms with E-state index in [1.54, 1.807) is 18.3 Å². The average Bonchev–Trinajstić information content (AvgIpc) is 3.28. The fourth-order valence-electron chi connectivity index (χ4n) is 4.07. The highest BCUT2D eigenvalue weighted by Crippen LogP contribution is 2.34. The third-order valence-electron chi connectivity index (χ3n) is 5.39. The van der Waals surface area contributed by atoms with E-state index in [1.807, 2.05) is 6.20 Å². The van der Waals surface area contributed by atoms with Gasteiger partial charge in [0.05, 0.1) is 19.8 Å². The Morgan fingerprint density at radius 3 is 3.04 bits per heavy atom. The number of imidazole rings is 1. The Balaban J connectivity index is 1.55. The molecule has 4 rings (SSSR count). The second-order valence-corrected chi connectivity index (χ2v) is 6.97. The molecule has 0 amide bonds. The zero-order valence-electron chi connectivity index (χ0n) is 14.8. The van der Waals surface area contributed by atoms with E-state index in [2.05, 4.69) is 14.5 Å². The fourth-order valence-corrected chi connectivity index (χ4v) is 4.07. The number of nitrogens with zero attached hydrogens (tertiary/aromatic N) is 3. The highest BCUT2D eigenvalue weighted by Gasteiger charge is 2.38. The molecule has 2 aromatic rings. The molecule has 3 heterocycles. The van der Waals surface area contributed by atoms with Crippen LogP contribution in [0.2, 0.25) is 0 Å². The molecule has 0 aliphatic carbocycles. The molecule has 1 aromatic carbocycles. The summed E-state index contributed by atoms with van der Waals surface area (Å²) in [6.07, 6.45) is 5.56. The first-order valence-electron chi connectivity index (χ1n) is 9.03. The molecule has 1 N–H and O–H groups in total. The lowest BCUT2D eigenvalue weighted by molar-refractivity contribution is -0.0567. The van der Waals surface area contributed by atoms with Crippen LogP contribution in [0.1, 0.15) is 18.9 Å². The van der Waals surface area contributed by atoms with Crippen molar-refractivity contribution in [2.24, 2.45) is 0 Å². The fraction of sp³-hybridized carbons (Fsp3) is 0.526. The summed E-state index contributed by atoms with van der Waals surface area (Å²) in [4.78, 5) is 6.95. The van der Waals surface area contributed by atoms with Gasteiger partial charge in [-0.1, -0.05) is 0 Å². The van der Waals surface area contributed by atoms with Crippen molar-refractivity contribution in [3.05, 3.63) is 36.4 Å². The molecule has 26 heavy (non-hydrogen) atoms. The van der Waals surface area contributed by atoms with Crippen LogP contribution in [-0.4, -0.2) is 65.1 Å². The SMILES string of the molecule is COc1cc(-c2nccn2[C@H]2C[C@H]3CO[C@@H](CCO)CN3C2)ccc1F. The first kappa shape index (κ1) is 17.5. The molecule has 140 valence electrons. The van der Waals surface area contributed by atoms with Crippen LogP contribution in [0.5, 0.6) is 5.75 Å². The minimum absolute atomic E-state index is 0.110. The van der Waals surface area contributed by atoms with Gasteiger partial charge in [-0.2, -0.15) is 0 Å². The Hall–Kier alpha value is -1.96. The maximum absolute atomic E-state index is 13.7. The Morgan fingerprint density at radius 1 is 1.35 bits per heavy atom. The largest absolute Gasteiger partial charge is 0.494 e. The standard InChI is InChI=1S/C19H24FN3O3/c1-25-18-8-13(2-3-17(18)20)19-21-5-6-23(19)14-9-15-12-26-16(4-7-24)11-22(15)10-14/h2-3,5-6,8,14-16,24H,4,7,9-12H2,1H3/t14-,15-,16-/m0/s1. The Morgan fingerprint density at radius 2 is 2.23 bits per heavy atom. The van der Waals surface area contributed by atoms with Crippen LogP contribution in [0, 0.1) is 5.82 Å². The van der Waals surface area contributed by atoms with E-state index < -0.39 is 0 Å². The number of morpholine rings is 1. The highest BCUT2D eigenvalue weighted by atomic mass is 19.1. The number of rotatable bonds is 5. The Kier molecular flexibility index (Phi) is 4.93. The molecular weight excluding hydrogens is 337 g/mol. The molecule has 0 saturated carbocycles. The molecular formula is C19H24FN3O3. The van der Waals surface area contributed by atoms with Gasteiger partial charge in [0.1, 0.15) is 5.82 Å². The van der Waals surface area contributed by atoms with Crippen LogP contribution in [-0.2, 0) is 4.74 Å². The van der Waals surface area contributed by atoms with Gasteiger partial charge in [0.2, 0.25) is 0 Å². The van der Waals surface area contributed by atoms with E-state index >= 15 is 0 Å². The van der Waals surface area contributed by atoms with Gasteiger partial charge in [-0.15, -0.1) is 0 Å². The number of fused-ring (bicyclic) bond motifs is 1. The van der Waals surface area contributed by atoms with E-state index in [4.69, 9.17) is 14.6 Å². The smallest absolute Gasteiger partial charge is 0.165 e. The van der Waals surface area contributed by atoms with E-state index in [0.29, 0.717) is 25.1 Å². The molecule has 6 nitrogen and oxygen atoms in total. The summed E-state index contributed by atoms with van der Waals surface area (Å²) >= 11 is 0. The summed E-state index contributed by atoms with van der Waals surface area (Å²) in [6.45, 7) is 2.65. The van der Waals surface area contributed by atoms with E-state index in [0.717, 1.165) is 30.9 Å². The third-order valence-corrected chi connectivity index (χ3v) is 5.39. The van der Waals surface area contributed by atoms with Crippen molar-refractivity contribution < 1.29 is 19.0 Å². The number of ether oxygens (including phenoxy) is 2. The number of aliphatic hydroxyl groups excluding tert-OH is 1. The summed E-state index contributed by atoms with van der Waals surface area (Å²) in [5.41, 5.74) is 0.840. The van der Waals surface area contributed by atoms with Gasteiger partial charge < -0.3 is 19.1 Å². The van der Waals surface area contributed by atoms with Gasteiger partial charge in [-0.25, -0.2) is 9.37 Å². The quantitative estimate of drug-likeness (QED) is 0.884. The molecule has 0 spiro atoms. The zero-order chi connectivity index (χ0) is 18.1. The Labute approximate surface area is 152 Å². The maximum Gasteiger partial charge on any atom is 0.165 e. The number of aromatic nitrogens is 2. The monoisotopic (exact) mass is 361 g/mol. The van der Waals surface area contributed by atoms with Gasteiger partial charge >= 0.3 is 0 Å². The molecule has 0 radical (unpaired) electrons. The summed E-state index contributed by atoms with van der Waals surface area (Å²) in [5, 5.41) is 9.14. The molecule has 2 saturated heterocycles. The van der Waals surface area contributed by atoms with Crippen molar-refractivity contribution in [2.45, 2.75) is 31.0 Å². The summed E-state index contributed by atoms with van der Waals surface area (Å²) in [7, 11) is 1.46. The molecule has 2 aliphatic rings. The van der Waals surface area contributed by atoms with Crippen molar-refractivity contribution >= 4 is 0 Å². The van der Waals surface area contributed by atoms with Gasteiger partial charge in [0.15, 0.2) is 11.6 Å². The van der Waals surface area contributed by atoms with Crippen molar-refractivity contribution in [3.63, 3.8) is 0 Å². The lowest BCUT2D eigenvalue weighted by Gasteiger charge is -2.34. The topological polar surface area (TPSA) is 59.8 Å². The van der Waals surface area contributed by atoms with Crippen molar-refractivity contribution in [1.82, 2.24) is 14.5 Å². The normalized spacial score (nSPS) is 26.0. The predicted molar refractivity (Wildman–Crippen MR) is 94.6 cm³/mol. The summed E-state index contributed by atoms with van der Waals surface area (Å²) in [6, 6.07) is 5.53. The lowest BCUT2D eigenvalue weighted by atomic mass is 10.1.